The summed E-state index contributed by atoms with van der Waals surface area (Å²) >= 11 is 0. The van der Waals surface area contributed by atoms with Crippen LogP contribution in [0.15, 0.2) is 6.33 Å². The fourth-order valence-electron chi connectivity index (χ4n) is 3.81. The lowest BCUT2D eigenvalue weighted by molar-refractivity contribution is 0.0847. The van der Waals surface area contributed by atoms with Crippen LogP contribution in [0.3, 0.4) is 0 Å². The molecule has 0 bridgehead atoms. The number of nitrogens with zero attached hydrogens (tertiary/aromatic N) is 4. The highest BCUT2D eigenvalue weighted by Gasteiger charge is 2.34. The van der Waals surface area contributed by atoms with Crippen molar-refractivity contribution >= 4 is 0 Å². The highest BCUT2D eigenvalue weighted by molar-refractivity contribution is 4.94. The molecule has 0 unspecified atom stereocenters. The molecule has 5 heteroatoms. The Hall–Kier alpha value is -0.940. The highest BCUT2D eigenvalue weighted by Crippen LogP contribution is 2.37. The molecular weight excluding hydrogens is 250 g/mol. The van der Waals surface area contributed by atoms with Gasteiger partial charge in [0.05, 0.1) is 6.54 Å². The van der Waals surface area contributed by atoms with E-state index in [1.165, 1.54) is 45.2 Å². The SMILES string of the molecule is CCNCC1(CN2CCn3cnnc3C2)CCCCC1. The van der Waals surface area contributed by atoms with E-state index < -0.39 is 0 Å². The van der Waals surface area contributed by atoms with E-state index in [2.05, 4.69) is 31.9 Å². The standard InChI is InChI=1S/C15H27N5/c1-2-16-11-15(6-4-3-5-7-15)12-19-8-9-20-13-17-18-14(20)10-19/h13,16H,2-12H2,1H3. The molecule has 1 fully saturated rings. The van der Waals surface area contributed by atoms with Crippen molar-refractivity contribution in [2.24, 2.45) is 5.41 Å². The zero-order chi connectivity index (χ0) is 13.8. The van der Waals surface area contributed by atoms with Gasteiger partial charge in [-0.3, -0.25) is 4.90 Å². The minimum atomic E-state index is 0.483. The molecule has 0 saturated heterocycles. The average Bonchev–Trinajstić information content (AvgIpc) is 2.94. The van der Waals surface area contributed by atoms with Gasteiger partial charge in [-0.1, -0.05) is 26.2 Å². The van der Waals surface area contributed by atoms with Crippen LogP contribution in [0.25, 0.3) is 0 Å². The molecule has 5 nitrogen and oxygen atoms in total. The molecule has 1 aliphatic heterocycles. The molecule has 2 heterocycles. The maximum absolute atomic E-state index is 4.24. The van der Waals surface area contributed by atoms with Crippen molar-refractivity contribution in [3.8, 4) is 0 Å². The molecule has 0 spiro atoms. The van der Waals surface area contributed by atoms with E-state index >= 15 is 0 Å². The summed E-state index contributed by atoms with van der Waals surface area (Å²) in [6.45, 7) is 8.82. The number of hydrogen-bond acceptors (Lipinski definition) is 4. The second kappa shape index (κ2) is 6.22. The lowest BCUT2D eigenvalue weighted by Crippen LogP contribution is -2.47. The van der Waals surface area contributed by atoms with Crippen LogP contribution in [0.5, 0.6) is 0 Å². The van der Waals surface area contributed by atoms with Crippen molar-refractivity contribution in [2.45, 2.75) is 52.1 Å². The highest BCUT2D eigenvalue weighted by atomic mass is 15.3. The number of rotatable bonds is 5. The van der Waals surface area contributed by atoms with Crippen LogP contribution >= 0.6 is 0 Å². The molecule has 20 heavy (non-hydrogen) atoms. The second-order valence-electron chi connectivity index (χ2n) is 6.49. The van der Waals surface area contributed by atoms with Gasteiger partial charge in [-0.25, -0.2) is 0 Å². The third-order valence-electron chi connectivity index (χ3n) is 4.94. The van der Waals surface area contributed by atoms with Crippen molar-refractivity contribution in [3.63, 3.8) is 0 Å². The Kier molecular flexibility index (Phi) is 4.36. The van der Waals surface area contributed by atoms with Crippen LogP contribution < -0.4 is 5.32 Å². The lowest BCUT2D eigenvalue weighted by Gasteiger charge is -2.42. The van der Waals surface area contributed by atoms with Gasteiger partial charge in [-0.05, 0) is 24.8 Å². The van der Waals surface area contributed by atoms with Crippen molar-refractivity contribution in [3.05, 3.63) is 12.2 Å². The number of fused-ring (bicyclic) bond motifs is 1. The minimum absolute atomic E-state index is 0.483. The Balaban J connectivity index is 1.64. The minimum Gasteiger partial charge on any atom is -0.316 e. The van der Waals surface area contributed by atoms with Gasteiger partial charge >= 0.3 is 0 Å². The van der Waals surface area contributed by atoms with Gasteiger partial charge in [-0.15, -0.1) is 10.2 Å². The summed E-state index contributed by atoms with van der Waals surface area (Å²) in [4.78, 5) is 2.59. The molecule has 1 aliphatic carbocycles. The Morgan fingerprint density at radius 1 is 1.25 bits per heavy atom. The van der Waals surface area contributed by atoms with E-state index in [1.807, 2.05) is 6.33 Å². The van der Waals surface area contributed by atoms with Crippen LogP contribution in [0.4, 0.5) is 0 Å². The number of nitrogens with one attached hydrogen (secondary N) is 1. The lowest BCUT2D eigenvalue weighted by atomic mass is 9.73. The van der Waals surface area contributed by atoms with E-state index in [0.717, 1.165) is 32.0 Å². The van der Waals surface area contributed by atoms with Crippen LogP contribution in [0.1, 0.15) is 44.9 Å². The van der Waals surface area contributed by atoms with Gasteiger partial charge in [0, 0.05) is 26.2 Å². The van der Waals surface area contributed by atoms with Crippen LogP contribution in [-0.4, -0.2) is 45.8 Å². The quantitative estimate of drug-likeness (QED) is 0.889. The first-order chi connectivity index (χ1) is 9.81. The second-order valence-corrected chi connectivity index (χ2v) is 6.49. The molecule has 0 aromatic carbocycles. The molecule has 1 aromatic heterocycles. The van der Waals surface area contributed by atoms with Crippen LogP contribution in [-0.2, 0) is 13.1 Å². The van der Waals surface area contributed by atoms with Gasteiger partial charge in [0.1, 0.15) is 12.2 Å². The summed E-state index contributed by atoms with van der Waals surface area (Å²) in [5.41, 5.74) is 0.483. The predicted molar refractivity (Wildman–Crippen MR) is 79.4 cm³/mol. The summed E-state index contributed by atoms with van der Waals surface area (Å²) in [6.07, 6.45) is 8.83. The Labute approximate surface area is 121 Å². The Bertz CT molecular complexity index is 422. The van der Waals surface area contributed by atoms with Gasteiger partial charge < -0.3 is 9.88 Å². The van der Waals surface area contributed by atoms with E-state index in [-0.39, 0.29) is 0 Å². The third kappa shape index (κ3) is 3.04. The monoisotopic (exact) mass is 277 g/mol. The smallest absolute Gasteiger partial charge is 0.147 e. The number of hydrogen-bond donors (Lipinski definition) is 1. The molecule has 0 amide bonds. The molecule has 3 rings (SSSR count). The Morgan fingerprint density at radius 3 is 2.90 bits per heavy atom. The summed E-state index contributed by atoms with van der Waals surface area (Å²) in [5, 5.41) is 11.9. The molecular formula is C15H27N5. The maximum Gasteiger partial charge on any atom is 0.147 e. The molecule has 0 atom stereocenters. The van der Waals surface area contributed by atoms with Crippen molar-refractivity contribution in [2.75, 3.05) is 26.2 Å². The third-order valence-corrected chi connectivity index (χ3v) is 4.94. The fraction of sp³-hybridized carbons (Fsp3) is 0.867. The molecule has 1 aromatic rings. The van der Waals surface area contributed by atoms with Gasteiger partial charge in [0.2, 0.25) is 0 Å². The molecule has 2 aliphatic rings. The Morgan fingerprint density at radius 2 is 2.10 bits per heavy atom. The van der Waals surface area contributed by atoms with E-state index in [0.29, 0.717) is 5.41 Å². The van der Waals surface area contributed by atoms with Gasteiger partial charge in [0.15, 0.2) is 0 Å². The van der Waals surface area contributed by atoms with E-state index in [9.17, 15) is 0 Å². The van der Waals surface area contributed by atoms with E-state index in [4.69, 9.17) is 0 Å². The molecule has 1 saturated carbocycles. The summed E-state index contributed by atoms with van der Waals surface area (Å²) in [6, 6.07) is 0. The topological polar surface area (TPSA) is 46.0 Å². The zero-order valence-electron chi connectivity index (χ0n) is 12.6. The maximum atomic E-state index is 4.24. The molecule has 0 radical (unpaired) electrons. The first-order valence-corrected chi connectivity index (χ1v) is 8.11. The van der Waals surface area contributed by atoms with Crippen molar-refractivity contribution in [1.82, 2.24) is 25.0 Å². The van der Waals surface area contributed by atoms with Crippen LogP contribution in [0, 0.1) is 5.41 Å². The summed E-state index contributed by atoms with van der Waals surface area (Å²) in [7, 11) is 0. The summed E-state index contributed by atoms with van der Waals surface area (Å²) in [5.74, 6) is 1.13. The summed E-state index contributed by atoms with van der Waals surface area (Å²) < 4.78 is 2.19. The zero-order valence-corrected chi connectivity index (χ0v) is 12.6. The first-order valence-electron chi connectivity index (χ1n) is 8.11. The van der Waals surface area contributed by atoms with E-state index in [1.54, 1.807) is 0 Å². The predicted octanol–water partition coefficient (Wildman–Crippen LogP) is 1.65. The largest absolute Gasteiger partial charge is 0.316 e. The van der Waals surface area contributed by atoms with Crippen LogP contribution in [0.2, 0.25) is 0 Å². The average molecular weight is 277 g/mol. The van der Waals surface area contributed by atoms with Gasteiger partial charge in [-0.2, -0.15) is 0 Å². The van der Waals surface area contributed by atoms with Crippen molar-refractivity contribution < 1.29 is 0 Å². The van der Waals surface area contributed by atoms with Crippen molar-refractivity contribution in [1.29, 1.82) is 0 Å². The number of aromatic nitrogens is 3. The molecule has 112 valence electrons. The van der Waals surface area contributed by atoms with Gasteiger partial charge in [0.25, 0.3) is 0 Å². The first kappa shape index (κ1) is 14.0. The fourth-order valence-corrected chi connectivity index (χ4v) is 3.81. The normalized spacial score (nSPS) is 22.6. The molecule has 1 N–H and O–H groups in total.